The van der Waals surface area contributed by atoms with E-state index in [1.54, 1.807) is 0 Å². The molecule has 0 aromatic rings. The molecule has 0 aromatic heterocycles. The van der Waals surface area contributed by atoms with Gasteiger partial charge in [-0.1, -0.05) is 27.7 Å². The first-order chi connectivity index (χ1) is 8.68. The topological polar surface area (TPSA) is 18.5 Å². The summed E-state index contributed by atoms with van der Waals surface area (Å²) in [5.74, 6) is 0. The molecule has 1 aliphatic heterocycles. The van der Waals surface area contributed by atoms with Gasteiger partial charge in [-0.05, 0) is 32.7 Å². The van der Waals surface area contributed by atoms with Crippen molar-refractivity contribution in [2.24, 2.45) is 5.41 Å². The Kier molecular flexibility index (Phi) is 5.84. The molecule has 1 heterocycles. The number of nitrogens with one attached hydrogen (secondary N) is 1. The van der Waals surface area contributed by atoms with Crippen LogP contribution >= 0.6 is 0 Å². The average molecular weight is 269 g/mol. The van der Waals surface area contributed by atoms with Gasteiger partial charge in [-0.15, -0.1) is 0 Å². The zero-order valence-corrected chi connectivity index (χ0v) is 14.2. The van der Waals surface area contributed by atoms with Crippen LogP contribution in [0.15, 0.2) is 0 Å². The van der Waals surface area contributed by atoms with Crippen molar-refractivity contribution in [3.8, 4) is 0 Å². The number of rotatable bonds is 6. The molecule has 0 spiro atoms. The highest BCUT2D eigenvalue weighted by atomic mass is 15.3. The molecular formula is C16H35N3. The third-order valence-electron chi connectivity index (χ3n) is 4.79. The molecule has 0 aromatic carbocycles. The monoisotopic (exact) mass is 269 g/mol. The van der Waals surface area contributed by atoms with Crippen LogP contribution in [0, 0.1) is 5.41 Å². The molecule has 0 saturated carbocycles. The van der Waals surface area contributed by atoms with Gasteiger partial charge < -0.3 is 5.32 Å². The standard InChI is InChI=1S/C16H35N3/c1-8-16(6,11-17-14(2)3)13-19-10-9-18(7)15(4,5)12-19/h14,17H,8-13H2,1-7H3. The molecule has 1 saturated heterocycles. The van der Waals surface area contributed by atoms with Crippen molar-refractivity contribution < 1.29 is 0 Å². The highest BCUT2D eigenvalue weighted by Crippen LogP contribution is 2.26. The van der Waals surface area contributed by atoms with E-state index in [2.05, 4.69) is 63.7 Å². The molecule has 1 rings (SSSR count). The molecule has 19 heavy (non-hydrogen) atoms. The van der Waals surface area contributed by atoms with Gasteiger partial charge in [-0.3, -0.25) is 9.80 Å². The van der Waals surface area contributed by atoms with Crippen molar-refractivity contribution in [1.82, 2.24) is 15.1 Å². The van der Waals surface area contributed by atoms with Gasteiger partial charge in [-0.2, -0.15) is 0 Å². The molecule has 3 nitrogen and oxygen atoms in total. The van der Waals surface area contributed by atoms with Crippen molar-refractivity contribution in [3.05, 3.63) is 0 Å². The van der Waals surface area contributed by atoms with Gasteiger partial charge in [0.05, 0.1) is 0 Å². The summed E-state index contributed by atoms with van der Waals surface area (Å²) in [7, 11) is 2.25. The molecular weight excluding hydrogens is 234 g/mol. The minimum absolute atomic E-state index is 0.304. The molecule has 0 radical (unpaired) electrons. The minimum Gasteiger partial charge on any atom is -0.314 e. The lowest BCUT2D eigenvalue weighted by atomic mass is 9.85. The van der Waals surface area contributed by atoms with Crippen LogP contribution in [0.25, 0.3) is 0 Å². The lowest BCUT2D eigenvalue weighted by molar-refractivity contribution is 0.0177. The van der Waals surface area contributed by atoms with Crippen molar-refractivity contribution >= 4 is 0 Å². The number of piperazine rings is 1. The Bertz CT molecular complexity index is 275. The predicted molar refractivity (Wildman–Crippen MR) is 84.7 cm³/mol. The summed E-state index contributed by atoms with van der Waals surface area (Å²) in [6.45, 7) is 19.8. The SMILES string of the molecule is CCC(C)(CNC(C)C)CN1CCN(C)C(C)(C)C1. The predicted octanol–water partition coefficient (Wildman–Crippen LogP) is 2.43. The Morgan fingerprint density at radius 1 is 1.26 bits per heavy atom. The maximum Gasteiger partial charge on any atom is 0.0277 e. The van der Waals surface area contributed by atoms with Crippen LogP contribution in [0.1, 0.15) is 48.0 Å². The second kappa shape index (κ2) is 6.55. The smallest absolute Gasteiger partial charge is 0.0277 e. The van der Waals surface area contributed by atoms with Gasteiger partial charge in [0, 0.05) is 44.3 Å². The highest BCUT2D eigenvalue weighted by molar-refractivity contribution is 4.91. The number of hydrogen-bond donors (Lipinski definition) is 1. The fourth-order valence-electron chi connectivity index (χ4n) is 2.76. The van der Waals surface area contributed by atoms with Crippen molar-refractivity contribution in [1.29, 1.82) is 0 Å². The summed E-state index contributed by atoms with van der Waals surface area (Å²) in [4.78, 5) is 5.14. The average Bonchev–Trinajstić information content (AvgIpc) is 2.31. The Morgan fingerprint density at radius 2 is 1.89 bits per heavy atom. The summed E-state index contributed by atoms with van der Waals surface area (Å²) in [6.07, 6.45) is 1.24. The maximum absolute atomic E-state index is 3.62. The van der Waals surface area contributed by atoms with Crippen molar-refractivity contribution in [2.75, 3.05) is 39.8 Å². The molecule has 1 unspecified atom stereocenters. The largest absolute Gasteiger partial charge is 0.314 e. The van der Waals surface area contributed by atoms with E-state index in [0.29, 0.717) is 17.0 Å². The van der Waals surface area contributed by atoms with Crippen LogP contribution in [0.2, 0.25) is 0 Å². The summed E-state index contributed by atoms with van der Waals surface area (Å²) in [5.41, 5.74) is 0.689. The van der Waals surface area contributed by atoms with Gasteiger partial charge in [0.1, 0.15) is 0 Å². The minimum atomic E-state index is 0.304. The first-order valence-corrected chi connectivity index (χ1v) is 7.85. The van der Waals surface area contributed by atoms with Crippen LogP contribution in [-0.4, -0.2) is 61.2 Å². The first-order valence-electron chi connectivity index (χ1n) is 7.85. The Balaban J connectivity index is 2.56. The summed E-state index contributed by atoms with van der Waals surface area (Å²) < 4.78 is 0. The molecule has 1 N–H and O–H groups in total. The number of nitrogens with zero attached hydrogens (tertiary/aromatic N) is 2. The first kappa shape index (κ1) is 16.9. The molecule has 0 bridgehead atoms. The molecule has 1 aliphatic rings. The molecule has 1 fully saturated rings. The third kappa shape index (κ3) is 5.05. The molecule has 1 atom stereocenters. The highest BCUT2D eigenvalue weighted by Gasteiger charge is 2.34. The van der Waals surface area contributed by atoms with E-state index in [1.807, 2.05) is 0 Å². The van der Waals surface area contributed by atoms with E-state index in [1.165, 1.54) is 32.6 Å². The fourth-order valence-corrected chi connectivity index (χ4v) is 2.76. The molecule has 114 valence electrons. The number of likely N-dealkylation sites (N-methyl/N-ethyl adjacent to an activating group) is 1. The van der Waals surface area contributed by atoms with E-state index in [4.69, 9.17) is 0 Å². The lowest BCUT2D eigenvalue weighted by Gasteiger charge is -2.47. The van der Waals surface area contributed by atoms with Crippen molar-refractivity contribution in [3.63, 3.8) is 0 Å². The van der Waals surface area contributed by atoms with Gasteiger partial charge in [0.25, 0.3) is 0 Å². The second-order valence-corrected chi connectivity index (χ2v) is 7.64. The number of hydrogen-bond acceptors (Lipinski definition) is 3. The third-order valence-corrected chi connectivity index (χ3v) is 4.79. The van der Waals surface area contributed by atoms with Gasteiger partial charge in [0.2, 0.25) is 0 Å². The lowest BCUT2D eigenvalue weighted by Crippen LogP contribution is -2.59. The van der Waals surface area contributed by atoms with E-state index in [9.17, 15) is 0 Å². The molecule has 0 aliphatic carbocycles. The zero-order chi connectivity index (χ0) is 14.7. The van der Waals surface area contributed by atoms with E-state index < -0.39 is 0 Å². The summed E-state index contributed by atoms with van der Waals surface area (Å²) in [5, 5.41) is 3.62. The Labute approximate surface area is 120 Å². The molecule has 0 amide bonds. The van der Waals surface area contributed by atoms with Crippen LogP contribution in [0.4, 0.5) is 0 Å². The second-order valence-electron chi connectivity index (χ2n) is 7.64. The summed E-state index contributed by atoms with van der Waals surface area (Å²) in [6, 6.07) is 0.579. The van der Waals surface area contributed by atoms with Gasteiger partial charge in [-0.25, -0.2) is 0 Å². The van der Waals surface area contributed by atoms with Crippen LogP contribution in [0.5, 0.6) is 0 Å². The zero-order valence-electron chi connectivity index (χ0n) is 14.2. The van der Waals surface area contributed by atoms with E-state index >= 15 is 0 Å². The van der Waals surface area contributed by atoms with E-state index in [-0.39, 0.29) is 0 Å². The Hall–Kier alpha value is -0.120. The van der Waals surface area contributed by atoms with Gasteiger partial charge in [0.15, 0.2) is 0 Å². The molecule has 3 heteroatoms. The van der Waals surface area contributed by atoms with E-state index in [0.717, 1.165) is 6.54 Å². The quantitative estimate of drug-likeness (QED) is 0.799. The fraction of sp³-hybridized carbons (Fsp3) is 1.00. The van der Waals surface area contributed by atoms with Crippen LogP contribution in [0.3, 0.4) is 0 Å². The normalized spacial score (nSPS) is 24.6. The Morgan fingerprint density at radius 3 is 2.37 bits per heavy atom. The van der Waals surface area contributed by atoms with Gasteiger partial charge >= 0.3 is 0 Å². The van der Waals surface area contributed by atoms with Crippen LogP contribution < -0.4 is 5.32 Å². The summed E-state index contributed by atoms with van der Waals surface area (Å²) >= 11 is 0. The van der Waals surface area contributed by atoms with Crippen molar-refractivity contribution in [2.45, 2.75) is 59.5 Å². The van der Waals surface area contributed by atoms with Crippen LogP contribution in [-0.2, 0) is 0 Å². The maximum atomic E-state index is 3.62.